The van der Waals surface area contributed by atoms with Gasteiger partial charge in [-0.05, 0) is 24.8 Å². The summed E-state index contributed by atoms with van der Waals surface area (Å²) in [7, 11) is 0. The van der Waals surface area contributed by atoms with Crippen LogP contribution in [0.3, 0.4) is 0 Å². The van der Waals surface area contributed by atoms with Crippen LogP contribution in [0.15, 0.2) is 43.0 Å². The highest BCUT2D eigenvalue weighted by Crippen LogP contribution is 2.33. The fourth-order valence-electron chi connectivity index (χ4n) is 1.98. The Balaban J connectivity index is 1.99. The van der Waals surface area contributed by atoms with Gasteiger partial charge in [0.25, 0.3) is 0 Å². The molecule has 0 N–H and O–H groups in total. The third kappa shape index (κ3) is 2.05. The van der Waals surface area contributed by atoms with E-state index in [1.165, 1.54) is 5.56 Å². The fourth-order valence-corrected chi connectivity index (χ4v) is 1.98. The molecule has 0 aromatic heterocycles. The molecule has 2 atom stereocenters. The summed E-state index contributed by atoms with van der Waals surface area (Å²) in [6.45, 7) is 3.74. The molecule has 0 aliphatic carbocycles. The maximum absolute atomic E-state index is 5.92. The number of ether oxygens (including phenoxy) is 1. The molecule has 1 fully saturated rings. The summed E-state index contributed by atoms with van der Waals surface area (Å²) in [6, 6.07) is 10.5. The summed E-state index contributed by atoms with van der Waals surface area (Å²) in [5, 5.41) is 0. The first-order valence-electron chi connectivity index (χ1n) is 5.21. The maximum atomic E-state index is 5.92. The molecule has 14 heavy (non-hydrogen) atoms. The molecule has 1 heteroatoms. The van der Waals surface area contributed by atoms with Crippen LogP contribution in [0.4, 0.5) is 0 Å². The highest BCUT2D eigenvalue weighted by molar-refractivity contribution is 5.18. The molecule has 1 aromatic rings. The molecule has 1 nitrogen and oxygen atoms in total. The van der Waals surface area contributed by atoms with Crippen LogP contribution >= 0.6 is 0 Å². The van der Waals surface area contributed by atoms with Crippen molar-refractivity contribution in [2.45, 2.75) is 31.5 Å². The molecule has 0 amide bonds. The molecule has 2 rings (SSSR count). The molecule has 0 unspecified atom stereocenters. The average molecular weight is 188 g/mol. The van der Waals surface area contributed by atoms with Crippen molar-refractivity contribution in [1.82, 2.24) is 0 Å². The molecule has 0 spiro atoms. The molecule has 1 aliphatic heterocycles. The molecule has 74 valence electrons. The molecule has 1 aliphatic rings. The highest BCUT2D eigenvalue weighted by atomic mass is 16.5. The smallest absolute Gasteiger partial charge is 0.0829 e. The van der Waals surface area contributed by atoms with Crippen molar-refractivity contribution in [3.05, 3.63) is 48.6 Å². The Labute approximate surface area is 85.4 Å². The van der Waals surface area contributed by atoms with Crippen molar-refractivity contribution in [2.75, 3.05) is 0 Å². The van der Waals surface area contributed by atoms with Crippen LogP contribution in [0.25, 0.3) is 0 Å². The van der Waals surface area contributed by atoms with E-state index in [2.05, 4.69) is 30.8 Å². The lowest BCUT2D eigenvalue weighted by molar-refractivity contribution is 0.0466. The lowest BCUT2D eigenvalue weighted by Gasteiger charge is -2.12. The summed E-state index contributed by atoms with van der Waals surface area (Å²) in [6.07, 6.45) is 5.91. The van der Waals surface area contributed by atoms with Gasteiger partial charge in [0.05, 0.1) is 12.2 Å². The maximum Gasteiger partial charge on any atom is 0.0829 e. The van der Waals surface area contributed by atoms with E-state index in [1.54, 1.807) is 0 Å². The van der Waals surface area contributed by atoms with Gasteiger partial charge < -0.3 is 4.74 Å². The predicted octanol–water partition coefficient (Wildman–Crippen LogP) is 3.48. The van der Waals surface area contributed by atoms with Crippen LogP contribution in [0, 0.1) is 0 Å². The van der Waals surface area contributed by atoms with E-state index in [0.29, 0.717) is 12.2 Å². The molecule has 1 saturated heterocycles. The van der Waals surface area contributed by atoms with Gasteiger partial charge in [-0.3, -0.25) is 0 Å². The number of hydrogen-bond acceptors (Lipinski definition) is 1. The summed E-state index contributed by atoms with van der Waals surface area (Å²) >= 11 is 0. The molecule has 0 saturated carbocycles. The zero-order valence-electron chi connectivity index (χ0n) is 8.36. The Kier molecular flexibility index (Phi) is 3.00. The first-order valence-corrected chi connectivity index (χ1v) is 5.21. The van der Waals surface area contributed by atoms with E-state index in [0.717, 1.165) is 19.3 Å². The summed E-state index contributed by atoms with van der Waals surface area (Å²) in [4.78, 5) is 0. The first-order chi connectivity index (χ1) is 6.90. The Morgan fingerprint density at radius 2 is 2.07 bits per heavy atom. The van der Waals surface area contributed by atoms with Gasteiger partial charge in [-0.25, -0.2) is 0 Å². The second-order valence-corrected chi connectivity index (χ2v) is 3.76. The minimum atomic E-state index is 0.307. The van der Waals surface area contributed by atoms with E-state index < -0.39 is 0 Å². The van der Waals surface area contributed by atoms with Crippen LogP contribution < -0.4 is 0 Å². The van der Waals surface area contributed by atoms with Crippen molar-refractivity contribution in [3.8, 4) is 0 Å². The van der Waals surface area contributed by atoms with Gasteiger partial charge in [0.1, 0.15) is 0 Å². The van der Waals surface area contributed by atoms with E-state index >= 15 is 0 Å². The highest BCUT2D eigenvalue weighted by Gasteiger charge is 2.24. The predicted molar refractivity (Wildman–Crippen MR) is 58.1 cm³/mol. The van der Waals surface area contributed by atoms with Crippen LogP contribution in [-0.4, -0.2) is 6.10 Å². The second kappa shape index (κ2) is 4.43. The number of hydrogen-bond donors (Lipinski definition) is 0. The van der Waals surface area contributed by atoms with Crippen molar-refractivity contribution >= 4 is 0 Å². The SMILES string of the molecule is C=CC[C@H]1CC[C@@H](c2ccccc2)O1. The van der Waals surface area contributed by atoms with Gasteiger partial charge >= 0.3 is 0 Å². The summed E-state index contributed by atoms with van der Waals surface area (Å²) < 4.78 is 5.92. The van der Waals surface area contributed by atoms with Gasteiger partial charge in [-0.2, -0.15) is 0 Å². The van der Waals surface area contributed by atoms with Crippen molar-refractivity contribution in [1.29, 1.82) is 0 Å². The fraction of sp³-hybridized carbons (Fsp3) is 0.385. The number of rotatable bonds is 3. The molecule has 0 radical (unpaired) electrons. The summed E-state index contributed by atoms with van der Waals surface area (Å²) in [5.41, 5.74) is 1.30. The largest absolute Gasteiger partial charge is 0.370 e. The van der Waals surface area contributed by atoms with E-state index in [9.17, 15) is 0 Å². The van der Waals surface area contributed by atoms with Crippen molar-refractivity contribution in [3.63, 3.8) is 0 Å². The van der Waals surface area contributed by atoms with Crippen LogP contribution in [0.1, 0.15) is 30.9 Å². The molecule has 1 heterocycles. The van der Waals surface area contributed by atoms with Gasteiger partial charge in [-0.15, -0.1) is 6.58 Å². The third-order valence-corrected chi connectivity index (χ3v) is 2.71. The topological polar surface area (TPSA) is 9.23 Å². The van der Waals surface area contributed by atoms with Crippen molar-refractivity contribution < 1.29 is 4.74 Å². The van der Waals surface area contributed by atoms with E-state index in [-0.39, 0.29) is 0 Å². The molecular weight excluding hydrogens is 172 g/mol. The van der Waals surface area contributed by atoms with Crippen molar-refractivity contribution in [2.24, 2.45) is 0 Å². The quantitative estimate of drug-likeness (QED) is 0.660. The lowest BCUT2D eigenvalue weighted by Crippen LogP contribution is -2.04. The van der Waals surface area contributed by atoms with Gasteiger partial charge in [-0.1, -0.05) is 36.4 Å². The van der Waals surface area contributed by atoms with Crippen LogP contribution in [0.2, 0.25) is 0 Å². The first kappa shape index (κ1) is 9.47. The Morgan fingerprint density at radius 3 is 2.79 bits per heavy atom. The Bertz CT molecular complexity index is 291. The zero-order chi connectivity index (χ0) is 9.80. The third-order valence-electron chi connectivity index (χ3n) is 2.71. The normalized spacial score (nSPS) is 26.3. The second-order valence-electron chi connectivity index (χ2n) is 3.76. The monoisotopic (exact) mass is 188 g/mol. The van der Waals surface area contributed by atoms with Crippen LogP contribution in [0.5, 0.6) is 0 Å². The van der Waals surface area contributed by atoms with E-state index in [1.807, 2.05) is 12.1 Å². The van der Waals surface area contributed by atoms with E-state index in [4.69, 9.17) is 4.74 Å². The minimum absolute atomic E-state index is 0.307. The Hall–Kier alpha value is -1.08. The van der Waals surface area contributed by atoms with Gasteiger partial charge in [0.2, 0.25) is 0 Å². The Morgan fingerprint density at radius 1 is 1.29 bits per heavy atom. The summed E-state index contributed by atoms with van der Waals surface area (Å²) in [5.74, 6) is 0. The molecule has 0 bridgehead atoms. The average Bonchev–Trinajstić information content (AvgIpc) is 2.68. The van der Waals surface area contributed by atoms with Gasteiger partial charge in [0.15, 0.2) is 0 Å². The lowest BCUT2D eigenvalue weighted by atomic mass is 10.1. The molecular formula is C13H16O. The minimum Gasteiger partial charge on any atom is -0.370 e. The zero-order valence-corrected chi connectivity index (χ0v) is 8.36. The van der Waals surface area contributed by atoms with Crippen LogP contribution in [-0.2, 0) is 4.74 Å². The standard InChI is InChI=1S/C13H16O/c1-2-6-12-9-10-13(14-12)11-7-4-3-5-8-11/h2-5,7-8,12-13H,1,6,9-10H2/t12-,13-/m0/s1. The van der Waals surface area contributed by atoms with Gasteiger partial charge in [0, 0.05) is 0 Å². The molecule has 1 aromatic carbocycles. The number of benzene rings is 1.